The lowest BCUT2D eigenvalue weighted by Gasteiger charge is -2.12. The predicted octanol–water partition coefficient (Wildman–Crippen LogP) is 3.45. The van der Waals surface area contributed by atoms with Crippen LogP contribution in [0.2, 0.25) is 0 Å². The summed E-state index contributed by atoms with van der Waals surface area (Å²) in [7, 11) is 0. The lowest BCUT2D eigenvalue weighted by Crippen LogP contribution is -2.02. The van der Waals surface area contributed by atoms with Crippen molar-refractivity contribution in [3.63, 3.8) is 0 Å². The molecule has 0 aliphatic carbocycles. The molecule has 2 unspecified atom stereocenters. The van der Waals surface area contributed by atoms with E-state index in [0.29, 0.717) is 0 Å². The average Bonchev–Trinajstić information content (AvgIpc) is 1.87. The lowest BCUT2D eigenvalue weighted by molar-refractivity contribution is 0.434. The Hall–Kier alpha value is 0.480. The van der Waals surface area contributed by atoms with E-state index < -0.39 is 0 Å². The zero-order valence-corrected chi connectivity index (χ0v) is 8.24. The Balaban J connectivity index is 3.22. The molecular formula is C8H17Br. The van der Waals surface area contributed by atoms with Crippen molar-refractivity contribution in [1.29, 1.82) is 0 Å². The van der Waals surface area contributed by atoms with Crippen LogP contribution in [0.4, 0.5) is 0 Å². The number of alkyl halides is 1. The van der Waals surface area contributed by atoms with Crippen LogP contribution in [-0.4, -0.2) is 5.33 Å². The van der Waals surface area contributed by atoms with E-state index in [1.54, 1.807) is 0 Å². The molecule has 0 aromatic heterocycles. The van der Waals surface area contributed by atoms with Crippen molar-refractivity contribution >= 4 is 15.9 Å². The first-order chi connectivity index (χ1) is 4.20. The fourth-order valence-electron chi connectivity index (χ4n) is 0.917. The van der Waals surface area contributed by atoms with Crippen LogP contribution >= 0.6 is 15.9 Å². The van der Waals surface area contributed by atoms with Crippen LogP contribution in [0.5, 0.6) is 0 Å². The standard InChI is InChI=1S/C8H17Br/c1-4-7(2)5-8(3)6-9/h7-8H,4-6H2,1-3H3. The third-order valence-electron chi connectivity index (χ3n) is 1.77. The second-order valence-corrected chi connectivity index (χ2v) is 3.66. The largest absolute Gasteiger partial charge is 0.0925 e. The van der Waals surface area contributed by atoms with Gasteiger partial charge in [0.2, 0.25) is 0 Å². The van der Waals surface area contributed by atoms with Crippen molar-refractivity contribution in [3.8, 4) is 0 Å². The zero-order chi connectivity index (χ0) is 7.28. The third-order valence-corrected chi connectivity index (χ3v) is 2.87. The van der Waals surface area contributed by atoms with Gasteiger partial charge in [-0.05, 0) is 18.3 Å². The van der Waals surface area contributed by atoms with Crippen LogP contribution in [0.15, 0.2) is 0 Å². The second-order valence-electron chi connectivity index (χ2n) is 3.01. The predicted molar refractivity (Wildman–Crippen MR) is 47.0 cm³/mol. The molecule has 0 radical (unpaired) electrons. The summed E-state index contributed by atoms with van der Waals surface area (Å²) < 4.78 is 0. The molecular weight excluding hydrogens is 176 g/mol. The maximum Gasteiger partial charge on any atom is 0.00571 e. The van der Waals surface area contributed by atoms with Gasteiger partial charge in [0.25, 0.3) is 0 Å². The highest BCUT2D eigenvalue weighted by atomic mass is 79.9. The van der Waals surface area contributed by atoms with Crippen molar-refractivity contribution in [1.82, 2.24) is 0 Å². The summed E-state index contributed by atoms with van der Waals surface area (Å²) in [4.78, 5) is 0. The van der Waals surface area contributed by atoms with E-state index >= 15 is 0 Å². The monoisotopic (exact) mass is 192 g/mol. The molecule has 0 N–H and O–H groups in total. The van der Waals surface area contributed by atoms with Gasteiger partial charge >= 0.3 is 0 Å². The number of halogens is 1. The first kappa shape index (κ1) is 9.48. The molecule has 1 heteroatoms. The Labute approximate surface area is 67.2 Å². The van der Waals surface area contributed by atoms with Crippen molar-refractivity contribution in [2.24, 2.45) is 11.8 Å². The van der Waals surface area contributed by atoms with Gasteiger partial charge in [-0.15, -0.1) is 0 Å². The first-order valence-corrected chi connectivity index (χ1v) is 4.88. The minimum absolute atomic E-state index is 0.847. The molecule has 0 aromatic carbocycles. The molecule has 0 spiro atoms. The van der Waals surface area contributed by atoms with Crippen LogP contribution in [0.25, 0.3) is 0 Å². The Kier molecular flexibility index (Phi) is 5.56. The van der Waals surface area contributed by atoms with Crippen LogP contribution in [0.1, 0.15) is 33.6 Å². The van der Waals surface area contributed by atoms with Crippen molar-refractivity contribution < 1.29 is 0 Å². The normalized spacial score (nSPS) is 17.3. The molecule has 56 valence electrons. The first-order valence-electron chi connectivity index (χ1n) is 3.76. The number of rotatable bonds is 4. The highest BCUT2D eigenvalue weighted by Gasteiger charge is 2.04. The molecule has 0 aromatic rings. The van der Waals surface area contributed by atoms with Crippen LogP contribution < -0.4 is 0 Å². The molecule has 0 rings (SSSR count). The molecule has 9 heavy (non-hydrogen) atoms. The molecule has 0 saturated heterocycles. The molecule has 2 atom stereocenters. The molecule has 0 aliphatic heterocycles. The van der Waals surface area contributed by atoms with Gasteiger partial charge in [0.15, 0.2) is 0 Å². The topological polar surface area (TPSA) is 0 Å². The van der Waals surface area contributed by atoms with Gasteiger partial charge in [-0.2, -0.15) is 0 Å². The van der Waals surface area contributed by atoms with Gasteiger partial charge in [0, 0.05) is 5.33 Å². The molecule has 0 saturated carbocycles. The van der Waals surface area contributed by atoms with E-state index in [1.165, 1.54) is 12.8 Å². The van der Waals surface area contributed by atoms with E-state index in [4.69, 9.17) is 0 Å². The van der Waals surface area contributed by atoms with Gasteiger partial charge in [0.05, 0.1) is 0 Å². The van der Waals surface area contributed by atoms with Crippen LogP contribution in [0.3, 0.4) is 0 Å². The summed E-state index contributed by atoms with van der Waals surface area (Å²) in [6.45, 7) is 6.87. The summed E-state index contributed by atoms with van der Waals surface area (Å²) in [6, 6.07) is 0. The van der Waals surface area contributed by atoms with Crippen molar-refractivity contribution in [2.75, 3.05) is 5.33 Å². The maximum absolute atomic E-state index is 3.47. The zero-order valence-electron chi connectivity index (χ0n) is 6.65. The smallest absolute Gasteiger partial charge is 0.00571 e. The van der Waals surface area contributed by atoms with Gasteiger partial charge in [-0.3, -0.25) is 0 Å². The number of hydrogen-bond donors (Lipinski definition) is 0. The molecule has 0 aliphatic rings. The van der Waals surface area contributed by atoms with E-state index in [1.807, 2.05) is 0 Å². The van der Waals surface area contributed by atoms with Gasteiger partial charge < -0.3 is 0 Å². The summed E-state index contributed by atoms with van der Waals surface area (Å²) in [5, 5.41) is 1.15. The van der Waals surface area contributed by atoms with Gasteiger partial charge in [-0.25, -0.2) is 0 Å². The van der Waals surface area contributed by atoms with E-state index in [2.05, 4.69) is 36.7 Å². The second kappa shape index (κ2) is 5.28. The van der Waals surface area contributed by atoms with E-state index in [-0.39, 0.29) is 0 Å². The Morgan fingerprint density at radius 2 is 1.78 bits per heavy atom. The Morgan fingerprint density at radius 1 is 1.22 bits per heavy atom. The maximum atomic E-state index is 3.47. The SMILES string of the molecule is CCC(C)CC(C)CBr. The Bertz CT molecular complexity index is 53.6. The number of hydrogen-bond acceptors (Lipinski definition) is 0. The quantitative estimate of drug-likeness (QED) is 0.600. The van der Waals surface area contributed by atoms with E-state index in [0.717, 1.165) is 17.2 Å². The lowest BCUT2D eigenvalue weighted by atomic mass is 9.97. The Morgan fingerprint density at radius 3 is 2.11 bits per heavy atom. The average molecular weight is 193 g/mol. The molecule has 0 bridgehead atoms. The summed E-state index contributed by atoms with van der Waals surface area (Å²) in [5.41, 5.74) is 0. The third kappa shape index (κ3) is 4.95. The molecule has 0 heterocycles. The minimum Gasteiger partial charge on any atom is -0.0925 e. The fraction of sp³-hybridized carbons (Fsp3) is 1.00. The van der Waals surface area contributed by atoms with Crippen LogP contribution in [-0.2, 0) is 0 Å². The van der Waals surface area contributed by atoms with Crippen LogP contribution in [0, 0.1) is 11.8 Å². The van der Waals surface area contributed by atoms with Gasteiger partial charge in [-0.1, -0.05) is 43.1 Å². The van der Waals surface area contributed by atoms with Crippen molar-refractivity contribution in [2.45, 2.75) is 33.6 Å². The summed E-state index contributed by atoms with van der Waals surface area (Å²) in [5.74, 6) is 1.75. The van der Waals surface area contributed by atoms with Gasteiger partial charge in [0.1, 0.15) is 0 Å². The molecule has 0 amide bonds. The highest BCUT2D eigenvalue weighted by Crippen LogP contribution is 2.15. The molecule has 0 fully saturated rings. The highest BCUT2D eigenvalue weighted by molar-refractivity contribution is 9.09. The molecule has 0 nitrogen and oxygen atoms in total. The minimum atomic E-state index is 0.847. The summed E-state index contributed by atoms with van der Waals surface area (Å²) in [6.07, 6.45) is 2.68. The van der Waals surface area contributed by atoms with E-state index in [9.17, 15) is 0 Å². The summed E-state index contributed by atoms with van der Waals surface area (Å²) >= 11 is 3.47. The van der Waals surface area contributed by atoms with Crippen molar-refractivity contribution in [3.05, 3.63) is 0 Å². The fourth-order valence-corrected chi connectivity index (χ4v) is 1.18.